The van der Waals surface area contributed by atoms with E-state index in [9.17, 15) is 9.90 Å². The van der Waals surface area contributed by atoms with Gasteiger partial charge in [0.1, 0.15) is 23.4 Å². The van der Waals surface area contributed by atoms with Gasteiger partial charge in [0.25, 0.3) is 5.91 Å². The maximum absolute atomic E-state index is 11.7. The number of ether oxygens (including phenoxy) is 2. The molecule has 7 heteroatoms. The third kappa shape index (κ3) is 4.33. The van der Waals surface area contributed by atoms with E-state index in [0.717, 1.165) is 0 Å². The van der Waals surface area contributed by atoms with Crippen LogP contribution in [0.25, 0.3) is 0 Å². The van der Waals surface area contributed by atoms with Gasteiger partial charge >= 0.3 is 0 Å². The number of carbonyl (C=O) groups is 1. The molecule has 6 nitrogen and oxygen atoms in total. The molecule has 0 aromatic rings. The van der Waals surface area contributed by atoms with Crippen molar-refractivity contribution < 1.29 is 19.4 Å². The molecule has 136 valence electrons. The van der Waals surface area contributed by atoms with Crippen LogP contribution in [-0.2, 0) is 14.3 Å². The molecular formula is C17H28N2O4S. The first-order chi connectivity index (χ1) is 11.2. The molecule has 2 aliphatic rings. The van der Waals surface area contributed by atoms with Crippen molar-refractivity contribution in [3.63, 3.8) is 0 Å². The number of hydrogen-bond acceptors (Lipinski definition) is 6. The van der Waals surface area contributed by atoms with Crippen LogP contribution in [0.4, 0.5) is 0 Å². The second kappa shape index (κ2) is 7.91. The zero-order chi connectivity index (χ0) is 18.0. The first-order valence-electron chi connectivity index (χ1n) is 8.28. The van der Waals surface area contributed by atoms with Gasteiger partial charge in [0.2, 0.25) is 0 Å². The molecule has 2 rings (SSSR count). The Morgan fingerprint density at radius 2 is 2.04 bits per heavy atom. The summed E-state index contributed by atoms with van der Waals surface area (Å²) in [5.41, 5.74) is 0.582. The Morgan fingerprint density at radius 1 is 1.38 bits per heavy atom. The Morgan fingerprint density at radius 3 is 2.62 bits per heavy atom. The average Bonchev–Trinajstić information content (AvgIpc) is 2.77. The van der Waals surface area contributed by atoms with Crippen LogP contribution in [-0.4, -0.2) is 57.6 Å². The topological polar surface area (TPSA) is 71.0 Å². The molecule has 0 aliphatic carbocycles. The Balaban J connectivity index is 2.18. The molecule has 0 spiro atoms. The smallest absolute Gasteiger partial charge is 0.253 e. The standard InChI is InChI=1S/C17H28N2O4S/c1-9(2)22-8-13-15(23-10(3)4)14(20)17(24-13)19-7-11(5)16(21)18-12(19)6/h7,9-10,13-15,17,20H,6,8H2,1-5H3,(H,18,21)/t13-,14+,15?,17-/m1/s1. The van der Waals surface area contributed by atoms with Gasteiger partial charge in [-0.2, -0.15) is 0 Å². The molecule has 0 saturated carbocycles. The Hall–Kier alpha value is -1.02. The maximum Gasteiger partial charge on any atom is 0.253 e. The van der Waals surface area contributed by atoms with E-state index in [1.54, 1.807) is 24.9 Å². The van der Waals surface area contributed by atoms with Crippen LogP contribution in [0.2, 0.25) is 0 Å². The van der Waals surface area contributed by atoms with E-state index in [-0.39, 0.29) is 34.8 Å². The quantitative estimate of drug-likeness (QED) is 0.756. The number of amides is 1. The lowest BCUT2D eigenvalue weighted by Gasteiger charge is -2.34. The van der Waals surface area contributed by atoms with Gasteiger partial charge in [-0.3, -0.25) is 4.79 Å². The van der Waals surface area contributed by atoms with Crippen molar-refractivity contribution in [2.24, 2.45) is 0 Å². The highest BCUT2D eigenvalue weighted by Crippen LogP contribution is 2.40. The molecule has 2 N–H and O–H groups in total. The minimum absolute atomic E-state index is 0.00656. The van der Waals surface area contributed by atoms with Gasteiger partial charge < -0.3 is 24.8 Å². The van der Waals surface area contributed by atoms with Gasteiger partial charge in [0.15, 0.2) is 0 Å². The Labute approximate surface area is 148 Å². The number of hydrogen-bond donors (Lipinski definition) is 2. The van der Waals surface area contributed by atoms with Crippen molar-refractivity contribution in [2.45, 2.75) is 69.7 Å². The third-order valence-electron chi connectivity index (χ3n) is 3.87. The fourth-order valence-corrected chi connectivity index (χ4v) is 4.25. The summed E-state index contributed by atoms with van der Waals surface area (Å²) < 4.78 is 11.7. The first-order valence-corrected chi connectivity index (χ1v) is 9.22. The summed E-state index contributed by atoms with van der Waals surface area (Å²) in [6.45, 7) is 14.0. The highest BCUT2D eigenvalue weighted by Gasteiger charge is 2.47. The van der Waals surface area contributed by atoms with Crippen molar-refractivity contribution >= 4 is 17.7 Å². The monoisotopic (exact) mass is 356 g/mol. The number of aliphatic hydroxyl groups excluding tert-OH is 1. The number of carbonyl (C=O) groups excluding carboxylic acids is 1. The molecular weight excluding hydrogens is 328 g/mol. The second-order valence-corrected chi connectivity index (χ2v) is 8.07. The van der Waals surface area contributed by atoms with Gasteiger partial charge in [-0.1, -0.05) is 6.58 Å². The van der Waals surface area contributed by atoms with E-state index in [0.29, 0.717) is 18.0 Å². The summed E-state index contributed by atoms with van der Waals surface area (Å²) in [4.78, 5) is 13.5. The second-order valence-electron chi connectivity index (χ2n) is 6.71. The van der Waals surface area contributed by atoms with Crippen molar-refractivity contribution in [3.8, 4) is 0 Å². The Kier molecular flexibility index (Phi) is 6.36. The largest absolute Gasteiger partial charge is 0.387 e. The van der Waals surface area contributed by atoms with Crippen molar-refractivity contribution in [3.05, 3.63) is 24.2 Å². The van der Waals surface area contributed by atoms with Crippen molar-refractivity contribution in [1.29, 1.82) is 0 Å². The highest BCUT2D eigenvalue weighted by molar-refractivity contribution is 8.00. The maximum atomic E-state index is 11.7. The van der Waals surface area contributed by atoms with E-state index >= 15 is 0 Å². The zero-order valence-corrected chi connectivity index (χ0v) is 15.8. The molecule has 2 heterocycles. The molecule has 1 unspecified atom stereocenters. The van der Waals surface area contributed by atoms with E-state index in [4.69, 9.17) is 9.47 Å². The predicted molar refractivity (Wildman–Crippen MR) is 95.1 cm³/mol. The summed E-state index contributed by atoms with van der Waals surface area (Å²) in [6, 6.07) is 0. The van der Waals surface area contributed by atoms with Crippen molar-refractivity contribution in [2.75, 3.05) is 6.61 Å². The van der Waals surface area contributed by atoms with Gasteiger partial charge in [-0.25, -0.2) is 0 Å². The molecule has 0 radical (unpaired) electrons. The van der Waals surface area contributed by atoms with Gasteiger partial charge in [-0.15, -0.1) is 11.8 Å². The lowest BCUT2D eigenvalue weighted by atomic mass is 10.1. The predicted octanol–water partition coefficient (Wildman–Crippen LogP) is 1.81. The fourth-order valence-electron chi connectivity index (χ4n) is 2.72. The van der Waals surface area contributed by atoms with Crippen LogP contribution in [0.3, 0.4) is 0 Å². The lowest BCUT2D eigenvalue weighted by Crippen LogP contribution is -2.47. The molecule has 0 aromatic heterocycles. The van der Waals surface area contributed by atoms with Gasteiger partial charge in [0, 0.05) is 11.8 Å². The average molecular weight is 356 g/mol. The SMILES string of the molecule is C=C1NC(=O)C(C)=CN1[C@@H]1S[C@H](COC(C)C)C(OC(C)C)[C@@H]1O. The minimum atomic E-state index is -0.714. The lowest BCUT2D eigenvalue weighted by molar-refractivity contribution is -0.118. The van der Waals surface area contributed by atoms with Crippen LogP contribution in [0, 0.1) is 0 Å². The minimum Gasteiger partial charge on any atom is -0.387 e. The van der Waals surface area contributed by atoms with E-state index in [1.165, 1.54) is 0 Å². The Bertz CT molecular complexity index is 521. The molecule has 1 amide bonds. The molecule has 24 heavy (non-hydrogen) atoms. The summed E-state index contributed by atoms with van der Waals surface area (Å²) in [5.74, 6) is 0.305. The molecule has 1 fully saturated rings. The number of thioether (sulfide) groups is 1. The van der Waals surface area contributed by atoms with E-state index < -0.39 is 6.10 Å². The first kappa shape index (κ1) is 19.3. The number of rotatable bonds is 6. The van der Waals surface area contributed by atoms with Crippen LogP contribution in [0.5, 0.6) is 0 Å². The zero-order valence-electron chi connectivity index (χ0n) is 15.0. The summed E-state index contributed by atoms with van der Waals surface area (Å²) in [6.07, 6.45) is 0.812. The van der Waals surface area contributed by atoms with Crippen LogP contribution in [0.15, 0.2) is 24.2 Å². The molecule has 4 atom stereocenters. The third-order valence-corrected chi connectivity index (χ3v) is 5.41. The van der Waals surface area contributed by atoms with E-state index in [2.05, 4.69) is 11.9 Å². The van der Waals surface area contributed by atoms with Gasteiger partial charge in [0.05, 0.1) is 24.1 Å². The molecule has 1 saturated heterocycles. The van der Waals surface area contributed by atoms with Crippen LogP contribution >= 0.6 is 11.8 Å². The summed E-state index contributed by atoms with van der Waals surface area (Å²) >= 11 is 1.59. The fraction of sp³-hybridized carbons (Fsp3) is 0.706. The summed E-state index contributed by atoms with van der Waals surface area (Å²) in [7, 11) is 0. The highest BCUT2D eigenvalue weighted by atomic mass is 32.2. The molecule has 2 aliphatic heterocycles. The summed E-state index contributed by atoms with van der Waals surface area (Å²) in [5, 5.41) is 13.3. The van der Waals surface area contributed by atoms with Gasteiger partial charge in [-0.05, 0) is 34.6 Å². The van der Waals surface area contributed by atoms with Crippen LogP contribution in [0.1, 0.15) is 34.6 Å². The number of aliphatic hydroxyl groups is 1. The molecule has 0 bridgehead atoms. The number of nitrogens with zero attached hydrogens (tertiary/aromatic N) is 1. The molecule has 0 aromatic carbocycles. The van der Waals surface area contributed by atoms with Crippen molar-refractivity contribution in [1.82, 2.24) is 10.2 Å². The van der Waals surface area contributed by atoms with E-state index in [1.807, 2.05) is 32.6 Å². The number of nitrogens with one attached hydrogen (secondary N) is 1. The normalized spacial score (nSPS) is 31.0. The van der Waals surface area contributed by atoms with Crippen LogP contribution < -0.4 is 5.32 Å².